The zero-order chi connectivity index (χ0) is 28.4. The third kappa shape index (κ3) is 9.37. The molecule has 0 aliphatic heterocycles. The van der Waals surface area contributed by atoms with Gasteiger partial charge in [-0.15, -0.1) is 0 Å². The summed E-state index contributed by atoms with van der Waals surface area (Å²) in [6.07, 6.45) is 3.05. The predicted octanol–water partition coefficient (Wildman–Crippen LogP) is 5.42. The number of amides is 2. The summed E-state index contributed by atoms with van der Waals surface area (Å²) in [4.78, 5) is 29.0. The molecule has 0 saturated heterocycles. The molecule has 0 unspecified atom stereocenters. The van der Waals surface area contributed by atoms with Gasteiger partial charge in [0.2, 0.25) is 21.8 Å². The first-order chi connectivity index (χ1) is 18.6. The molecule has 7 nitrogen and oxygen atoms in total. The first kappa shape index (κ1) is 30.7. The summed E-state index contributed by atoms with van der Waals surface area (Å²) in [6, 6.07) is 22.4. The van der Waals surface area contributed by atoms with Crippen LogP contribution >= 0.6 is 27.5 Å². The minimum atomic E-state index is -3.82. The van der Waals surface area contributed by atoms with Gasteiger partial charge in [-0.25, -0.2) is 8.42 Å². The van der Waals surface area contributed by atoms with E-state index in [0.717, 1.165) is 34.5 Å². The van der Waals surface area contributed by atoms with E-state index in [1.54, 1.807) is 48.5 Å². The molecule has 0 saturated carbocycles. The van der Waals surface area contributed by atoms with Crippen LogP contribution < -0.4 is 9.62 Å². The van der Waals surface area contributed by atoms with Crippen LogP contribution in [0.25, 0.3) is 0 Å². The third-order valence-electron chi connectivity index (χ3n) is 6.14. The average molecular weight is 635 g/mol. The molecule has 3 rings (SSSR count). The SMILES string of the molecule is CCCCNC(=O)[C@@H](Cc1ccccc1)N(Cc1ccc(Cl)cc1)C(=O)CN(c1cccc(Br)c1)S(C)(=O)=O. The number of carbonyl (C=O) groups is 2. The summed E-state index contributed by atoms with van der Waals surface area (Å²) in [7, 11) is -3.82. The van der Waals surface area contributed by atoms with Crippen molar-refractivity contribution in [3.63, 3.8) is 0 Å². The highest BCUT2D eigenvalue weighted by Gasteiger charge is 2.33. The lowest BCUT2D eigenvalue weighted by Gasteiger charge is -2.33. The van der Waals surface area contributed by atoms with Crippen LogP contribution in [0.15, 0.2) is 83.3 Å². The van der Waals surface area contributed by atoms with Gasteiger partial charge < -0.3 is 10.2 Å². The molecule has 1 atom stereocenters. The Labute approximate surface area is 244 Å². The predicted molar refractivity (Wildman–Crippen MR) is 160 cm³/mol. The van der Waals surface area contributed by atoms with Crippen molar-refractivity contribution >= 4 is 55.1 Å². The van der Waals surface area contributed by atoms with Crippen molar-refractivity contribution in [3.05, 3.63) is 99.5 Å². The van der Waals surface area contributed by atoms with E-state index in [1.165, 1.54) is 4.90 Å². The molecule has 0 fully saturated rings. The van der Waals surface area contributed by atoms with Crippen molar-refractivity contribution in [2.75, 3.05) is 23.7 Å². The van der Waals surface area contributed by atoms with E-state index in [4.69, 9.17) is 11.6 Å². The second-order valence-electron chi connectivity index (χ2n) is 9.25. The maximum atomic E-state index is 14.0. The van der Waals surface area contributed by atoms with Crippen LogP contribution in [0, 0.1) is 0 Å². The zero-order valence-electron chi connectivity index (χ0n) is 22.0. The maximum Gasteiger partial charge on any atom is 0.244 e. The molecule has 0 radical (unpaired) electrons. The highest BCUT2D eigenvalue weighted by atomic mass is 79.9. The standard InChI is InChI=1S/C29H33BrClN3O4S/c1-3-4-17-32-29(36)27(18-22-9-6-5-7-10-22)33(20-23-13-15-25(31)16-14-23)28(35)21-34(39(2,37)38)26-12-8-11-24(30)19-26/h5-16,19,27H,3-4,17-18,20-21H2,1-2H3,(H,32,36)/t27-/m1/s1. The minimum absolute atomic E-state index is 0.102. The Kier molecular flexibility index (Phi) is 11.4. The molecule has 3 aromatic rings. The van der Waals surface area contributed by atoms with Crippen molar-refractivity contribution < 1.29 is 18.0 Å². The Morgan fingerprint density at radius 3 is 2.28 bits per heavy atom. The summed E-state index contributed by atoms with van der Waals surface area (Å²) >= 11 is 9.45. The Balaban J connectivity index is 2.02. The quantitative estimate of drug-likeness (QED) is 0.254. The van der Waals surface area contributed by atoms with Gasteiger partial charge in [0.1, 0.15) is 12.6 Å². The van der Waals surface area contributed by atoms with E-state index in [0.29, 0.717) is 21.7 Å². The third-order valence-corrected chi connectivity index (χ3v) is 8.03. The fourth-order valence-electron chi connectivity index (χ4n) is 4.09. The normalized spacial score (nSPS) is 12.0. The van der Waals surface area contributed by atoms with Gasteiger partial charge in [-0.3, -0.25) is 13.9 Å². The minimum Gasteiger partial charge on any atom is -0.354 e. The van der Waals surface area contributed by atoms with Gasteiger partial charge in [0.05, 0.1) is 11.9 Å². The fraction of sp³-hybridized carbons (Fsp3) is 0.310. The highest BCUT2D eigenvalue weighted by Crippen LogP contribution is 2.23. The average Bonchev–Trinajstić information content (AvgIpc) is 2.90. The molecular formula is C29H33BrClN3O4S. The molecule has 3 aromatic carbocycles. The van der Waals surface area contributed by atoms with Gasteiger partial charge in [0.25, 0.3) is 0 Å². The number of benzene rings is 3. The van der Waals surface area contributed by atoms with Crippen LogP contribution in [0.5, 0.6) is 0 Å². The number of hydrogen-bond acceptors (Lipinski definition) is 4. The molecule has 0 aliphatic carbocycles. The summed E-state index contributed by atoms with van der Waals surface area (Å²) in [5.41, 5.74) is 1.99. The molecule has 208 valence electrons. The van der Waals surface area contributed by atoms with Crippen molar-refractivity contribution in [2.24, 2.45) is 0 Å². The number of halogens is 2. The molecule has 0 bridgehead atoms. The highest BCUT2D eigenvalue weighted by molar-refractivity contribution is 9.10. The Morgan fingerprint density at radius 1 is 0.974 bits per heavy atom. The Morgan fingerprint density at radius 2 is 1.67 bits per heavy atom. The molecule has 2 amide bonds. The number of unbranched alkanes of at least 4 members (excludes halogenated alkanes) is 1. The molecule has 0 aliphatic rings. The van der Waals surface area contributed by atoms with Crippen LogP contribution in [0.1, 0.15) is 30.9 Å². The molecule has 39 heavy (non-hydrogen) atoms. The number of sulfonamides is 1. The second-order valence-corrected chi connectivity index (χ2v) is 12.5. The van der Waals surface area contributed by atoms with Crippen molar-refractivity contribution in [3.8, 4) is 0 Å². The van der Waals surface area contributed by atoms with Crippen LogP contribution in [0.2, 0.25) is 5.02 Å². The lowest BCUT2D eigenvalue weighted by atomic mass is 10.0. The van der Waals surface area contributed by atoms with Crippen LogP contribution in [0.4, 0.5) is 5.69 Å². The van der Waals surface area contributed by atoms with Crippen LogP contribution in [-0.2, 0) is 32.6 Å². The van der Waals surface area contributed by atoms with Crippen LogP contribution in [-0.4, -0.2) is 50.5 Å². The largest absolute Gasteiger partial charge is 0.354 e. The number of nitrogens with zero attached hydrogens (tertiary/aromatic N) is 2. The summed E-state index contributed by atoms with van der Waals surface area (Å²) < 4.78 is 27.4. The lowest BCUT2D eigenvalue weighted by molar-refractivity contribution is -0.140. The smallest absolute Gasteiger partial charge is 0.244 e. The van der Waals surface area contributed by atoms with E-state index < -0.39 is 28.5 Å². The van der Waals surface area contributed by atoms with Gasteiger partial charge in [0, 0.05) is 29.0 Å². The topological polar surface area (TPSA) is 86.8 Å². The monoisotopic (exact) mass is 633 g/mol. The molecule has 0 spiro atoms. The first-order valence-electron chi connectivity index (χ1n) is 12.7. The first-order valence-corrected chi connectivity index (χ1v) is 15.7. The van der Waals surface area contributed by atoms with Crippen LogP contribution in [0.3, 0.4) is 0 Å². The molecule has 1 N–H and O–H groups in total. The summed E-state index contributed by atoms with van der Waals surface area (Å²) in [6.45, 7) is 2.16. The number of anilines is 1. The lowest BCUT2D eigenvalue weighted by Crippen LogP contribution is -2.53. The Hall–Kier alpha value is -2.88. The fourth-order valence-corrected chi connectivity index (χ4v) is 5.45. The van der Waals surface area contributed by atoms with Gasteiger partial charge in [-0.1, -0.05) is 89.4 Å². The van der Waals surface area contributed by atoms with Gasteiger partial charge in [-0.2, -0.15) is 0 Å². The number of hydrogen-bond donors (Lipinski definition) is 1. The number of nitrogens with one attached hydrogen (secondary N) is 1. The van der Waals surface area contributed by atoms with E-state index in [-0.39, 0.29) is 18.9 Å². The van der Waals surface area contributed by atoms with E-state index in [2.05, 4.69) is 21.2 Å². The van der Waals surface area contributed by atoms with Gasteiger partial charge >= 0.3 is 0 Å². The van der Waals surface area contributed by atoms with Crippen molar-refractivity contribution in [1.29, 1.82) is 0 Å². The zero-order valence-corrected chi connectivity index (χ0v) is 25.2. The molecule has 0 heterocycles. The van der Waals surface area contributed by atoms with Crippen molar-refractivity contribution in [1.82, 2.24) is 10.2 Å². The molecule has 10 heteroatoms. The number of carbonyl (C=O) groups excluding carboxylic acids is 2. The Bertz CT molecular complexity index is 1350. The second kappa shape index (κ2) is 14.5. The van der Waals surface area contributed by atoms with Gasteiger partial charge in [-0.05, 0) is 47.9 Å². The summed E-state index contributed by atoms with van der Waals surface area (Å²) in [5.74, 6) is -0.787. The molecule has 0 aromatic heterocycles. The summed E-state index contributed by atoms with van der Waals surface area (Å²) in [5, 5.41) is 3.51. The van der Waals surface area contributed by atoms with Gasteiger partial charge in [0.15, 0.2) is 0 Å². The maximum absolute atomic E-state index is 14.0. The van der Waals surface area contributed by atoms with Crippen molar-refractivity contribution in [2.45, 2.75) is 38.8 Å². The van der Waals surface area contributed by atoms with E-state index in [9.17, 15) is 18.0 Å². The van der Waals surface area contributed by atoms with E-state index in [1.807, 2.05) is 37.3 Å². The molecular weight excluding hydrogens is 602 g/mol. The van der Waals surface area contributed by atoms with E-state index >= 15 is 0 Å². The number of rotatable bonds is 13.